The molecule has 6 heteroatoms. The van der Waals surface area contributed by atoms with Gasteiger partial charge in [-0.25, -0.2) is 8.78 Å². The van der Waals surface area contributed by atoms with Crippen molar-refractivity contribution in [3.63, 3.8) is 0 Å². The summed E-state index contributed by atoms with van der Waals surface area (Å²) in [7, 11) is 0. The summed E-state index contributed by atoms with van der Waals surface area (Å²) in [4.78, 5) is 12.0. The van der Waals surface area contributed by atoms with Crippen LogP contribution in [0.15, 0.2) is 36.4 Å². The van der Waals surface area contributed by atoms with Crippen LogP contribution < -0.4 is 5.32 Å². The third kappa shape index (κ3) is 3.56. The molecule has 2 rings (SSSR count). The lowest BCUT2D eigenvalue weighted by molar-refractivity contribution is 0.0950. The monoisotopic (exact) mass is 311 g/mol. The standard InChI is InChI=1S/C15H12ClF2NO2/c16-12-6-14(18)13(17)5-11(12)15(21)19-7-9-3-1-2-4-10(9)8-20/h1-6,20H,7-8H2,(H,19,21). The lowest BCUT2D eigenvalue weighted by atomic mass is 10.1. The number of amides is 1. The van der Waals surface area contributed by atoms with Crippen molar-refractivity contribution in [3.8, 4) is 0 Å². The van der Waals surface area contributed by atoms with E-state index in [-0.39, 0.29) is 23.7 Å². The van der Waals surface area contributed by atoms with Crippen LogP contribution in [0.1, 0.15) is 21.5 Å². The van der Waals surface area contributed by atoms with Gasteiger partial charge in [-0.3, -0.25) is 4.79 Å². The minimum absolute atomic E-state index is 0.142. The van der Waals surface area contributed by atoms with Gasteiger partial charge in [-0.2, -0.15) is 0 Å². The average molecular weight is 312 g/mol. The number of hydrogen-bond donors (Lipinski definition) is 2. The molecule has 0 aliphatic heterocycles. The first-order valence-corrected chi connectivity index (χ1v) is 6.51. The van der Waals surface area contributed by atoms with Crippen LogP contribution >= 0.6 is 11.6 Å². The summed E-state index contributed by atoms with van der Waals surface area (Å²) in [6.45, 7) is -0.0110. The number of aliphatic hydroxyl groups is 1. The lowest BCUT2D eigenvalue weighted by Crippen LogP contribution is -2.24. The minimum atomic E-state index is -1.14. The van der Waals surface area contributed by atoms with Gasteiger partial charge in [0.05, 0.1) is 17.2 Å². The molecule has 0 heterocycles. The van der Waals surface area contributed by atoms with E-state index in [4.69, 9.17) is 11.6 Å². The van der Waals surface area contributed by atoms with Crippen molar-refractivity contribution in [1.29, 1.82) is 0 Å². The fraction of sp³-hybridized carbons (Fsp3) is 0.133. The van der Waals surface area contributed by atoms with Gasteiger partial charge < -0.3 is 10.4 Å². The summed E-state index contributed by atoms with van der Waals surface area (Å²) in [6.07, 6.45) is 0. The largest absolute Gasteiger partial charge is 0.392 e. The van der Waals surface area contributed by atoms with E-state index in [0.29, 0.717) is 5.56 Å². The highest BCUT2D eigenvalue weighted by Crippen LogP contribution is 2.20. The predicted octanol–water partition coefficient (Wildman–Crippen LogP) is 3.04. The van der Waals surface area contributed by atoms with E-state index < -0.39 is 17.5 Å². The highest BCUT2D eigenvalue weighted by atomic mass is 35.5. The van der Waals surface area contributed by atoms with Crippen LogP contribution in [0.3, 0.4) is 0 Å². The summed E-state index contributed by atoms with van der Waals surface area (Å²) in [6, 6.07) is 8.53. The van der Waals surface area contributed by atoms with E-state index in [1.54, 1.807) is 24.3 Å². The molecule has 0 fully saturated rings. The molecule has 0 unspecified atom stereocenters. The Labute approximate surface area is 125 Å². The van der Waals surface area contributed by atoms with E-state index in [0.717, 1.165) is 17.7 Å². The van der Waals surface area contributed by atoms with Crippen LogP contribution in [0.25, 0.3) is 0 Å². The van der Waals surface area contributed by atoms with Crippen LogP contribution in [-0.4, -0.2) is 11.0 Å². The number of aliphatic hydroxyl groups excluding tert-OH is 1. The van der Waals surface area contributed by atoms with Gasteiger partial charge in [-0.1, -0.05) is 35.9 Å². The van der Waals surface area contributed by atoms with Crippen molar-refractivity contribution < 1.29 is 18.7 Å². The Bertz CT molecular complexity index is 677. The molecule has 110 valence electrons. The molecular weight excluding hydrogens is 300 g/mol. The molecule has 0 atom stereocenters. The van der Waals surface area contributed by atoms with Crippen LogP contribution in [0.4, 0.5) is 8.78 Å². The van der Waals surface area contributed by atoms with E-state index in [9.17, 15) is 18.7 Å². The van der Waals surface area contributed by atoms with Gasteiger partial charge in [-0.05, 0) is 23.3 Å². The minimum Gasteiger partial charge on any atom is -0.392 e. The molecule has 0 aromatic heterocycles. The lowest BCUT2D eigenvalue weighted by Gasteiger charge is -2.10. The molecule has 3 nitrogen and oxygen atoms in total. The fourth-order valence-corrected chi connectivity index (χ4v) is 2.09. The van der Waals surface area contributed by atoms with Crippen LogP contribution in [0.5, 0.6) is 0 Å². The molecule has 0 aliphatic carbocycles. The van der Waals surface area contributed by atoms with Gasteiger partial charge in [0.2, 0.25) is 0 Å². The Hall–Kier alpha value is -1.98. The zero-order valence-electron chi connectivity index (χ0n) is 10.9. The summed E-state index contributed by atoms with van der Waals surface area (Å²) in [5, 5.41) is 11.6. The van der Waals surface area contributed by atoms with Gasteiger partial charge in [0, 0.05) is 6.54 Å². The van der Waals surface area contributed by atoms with E-state index >= 15 is 0 Å². The predicted molar refractivity (Wildman–Crippen MR) is 74.9 cm³/mol. The number of halogens is 3. The Morgan fingerprint density at radius 2 is 1.76 bits per heavy atom. The van der Waals surface area contributed by atoms with Crippen molar-refractivity contribution in [2.45, 2.75) is 13.2 Å². The Morgan fingerprint density at radius 1 is 1.14 bits per heavy atom. The second-order valence-corrected chi connectivity index (χ2v) is 4.76. The van der Waals surface area contributed by atoms with Gasteiger partial charge in [0.1, 0.15) is 0 Å². The number of rotatable bonds is 4. The maximum atomic E-state index is 13.2. The topological polar surface area (TPSA) is 49.3 Å². The zero-order chi connectivity index (χ0) is 15.4. The molecule has 2 aromatic carbocycles. The molecule has 0 aliphatic rings. The van der Waals surface area contributed by atoms with Crippen molar-refractivity contribution in [1.82, 2.24) is 5.32 Å². The van der Waals surface area contributed by atoms with Crippen molar-refractivity contribution >= 4 is 17.5 Å². The molecule has 2 N–H and O–H groups in total. The second-order valence-electron chi connectivity index (χ2n) is 4.36. The quantitative estimate of drug-likeness (QED) is 0.853. The molecular formula is C15H12ClF2NO2. The highest BCUT2D eigenvalue weighted by Gasteiger charge is 2.15. The number of benzene rings is 2. The van der Waals surface area contributed by atoms with Crippen molar-refractivity contribution in [2.75, 3.05) is 0 Å². The second kappa shape index (κ2) is 6.65. The maximum Gasteiger partial charge on any atom is 0.253 e. The number of nitrogens with one attached hydrogen (secondary N) is 1. The number of carbonyl (C=O) groups is 1. The average Bonchev–Trinajstić information content (AvgIpc) is 2.48. The van der Waals surface area contributed by atoms with Crippen LogP contribution in [0, 0.1) is 11.6 Å². The first-order valence-electron chi connectivity index (χ1n) is 6.13. The molecule has 0 saturated heterocycles. The van der Waals surface area contributed by atoms with Crippen molar-refractivity contribution in [2.24, 2.45) is 0 Å². The third-order valence-corrected chi connectivity index (χ3v) is 3.30. The third-order valence-electron chi connectivity index (χ3n) is 2.98. The normalized spacial score (nSPS) is 10.5. The maximum absolute atomic E-state index is 13.2. The van der Waals surface area contributed by atoms with E-state index in [1.165, 1.54) is 0 Å². The smallest absolute Gasteiger partial charge is 0.253 e. The number of carbonyl (C=O) groups excluding carboxylic acids is 1. The van der Waals surface area contributed by atoms with Gasteiger partial charge >= 0.3 is 0 Å². The van der Waals surface area contributed by atoms with Gasteiger partial charge in [0.15, 0.2) is 11.6 Å². The Kier molecular flexibility index (Phi) is 4.88. The van der Waals surface area contributed by atoms with Crippen LogP contribution in [0.2, 0.25) is 5.02 Å². The Balaban J connectivity index is 2.14. The molecule has 2 aromatic rings. The number of hydrogen-bond acceptors (Lipinski definition) is 2. The molecule has 0 radical (unpaired) electrons. The molecule has 0 saturated carbocycles. The summed E-state index contributed by atoms with van der Waals surface area (Å²) in [5.41, 5.74) is 1.26. The molecule has 0 spiro atoms. The summed E-state index contributed by atoms with van der Waals surface area (Å²) in [5.74, 6) is -2.87. The molecule has 0 bridgehead atoms. The fourth-order valence-electron chi connectivity index (χ4n) is 1.85. The van der Waals surface area contributed by atoms with E-state index in [1.807, 2.05) is 0 Å². The SMILES string of the molecule is O=C(NCc1ccccc1CO)c1cc(F)c(F)cc1Cl. The van der Waals surface area contributed by atoms with Crippen LogP contribution in [-0.2, 0) is 13.2 Å². The van der Waals surface area contributed by atoms with Gasteiger partial charge in [0.25, 0.3) is 5.91 Å². The van der Waals surface area contributed by atoms with Gasteiger partial charge in [-0.15, -0.1) is 0 Å². The first-order chi connectivity index (χ1) is 10.0. The summed E-state index contributed by atoms with van der Waals surface area (Å²) >= 11 is 5.73. The summed E-state index contributed by atoms with van der Waals surface area (Å²) < 4.78 is 26.1. The first kappa shape index (κ1) is 15.4. The molecule has 21 heavy (non-hydrogen) atoms. The molecule has 1 amide bonds. The Morgan fingerprint density at radius 3 is 2.43 bits per heavy atom. The van der Waals surface area contributed by atoms with E-state index in [2.05, 4.69) is 5.32 Å². The highest BCUT2D eigenvalue weighted by molar-refractivity contribution is 6.33. The van der Waals surface area contributed by atoms with Crippen molar-refractivity contribution in [3.05, 3.63) is 69.7 Å². The zero-order valence-corrected chi connectivity index (χ0v) is 11.6.